The van der Waals surface area contributed by atoms with Crippen molar-refractivity contribution >= 4 is 27.5 Å². The first kappa shape index (κ1) is 31.5. The van der Waals surface area contributed by atoms with E-state index in [0.29, 0.717) is 5.69 Å². The van der Waals surface area contributed by atoms with Crippen LogP contribution in [0.25, 0.3) is 0 Å². The maximum atomic E-state index is 14.4. The first-order valence-corrected chi connectivity index (χ1v) is 15.8. The van der Waals surface area contributed by atoms with Crippen LogP contribution in [0.2, 0.25) is 0 Å². The third-order valence-corrected chi connectivity index (χ3v) is 8.90. The number of rotatable bonds is 12. The summed E-state index contributed by atoms with van der Waals surface area (Å²) in [5.41, 5.74) is 3.83. The summed E-state index contributed by atoms with van der Waals surface area (Å²) in [5, 5.41) is 2.98. The molecular weight excluding hydrogens is 558 g/mol. The molecule has 1 N–H and O–H groups in total. The Morgan fingerprint density at radius 2 is 1.33 bits per heavy atom. The van der Waals surface area contributed by atoms with Gasteiger partial charge < -0.3 is 10.2 Å². The van der Waals surface area contributed by atoms with Crippen molar-refractivity contribution in [2.45, 2.75) is 57.6 Å². The Morgan fingerprint density at radius 3 is 1.88 bits per heavy atom. The van der Waals surface area contributed by atoms with Crippen molar-refractivity contribution in [3.8, 4) is 0 Å². The number of anilines is 1. The number of nitrogens with zero attached hydrogens (tertiary/aromatic N) is 2. The Bertz CT molecular complexity index is 1630. The molecule has 0 radical (unpaired) electrons. The molecule has 7 nitrogen and oxygen atoms in total. The molecule has 0 saturated heterocycles. The molecule has 4 rings (SSSR count). The number of amides is 2. The van der Waals surface area contributed by atoms with E-state index in [0.717, 1.165) is 26.6 Å². The predicted molar refractivity (Wildman–Crippen MR) is 171 cm³/mol. The second-order valence-corrected chi connectivity index (χ2v) is 12.9. The molecule has 0 spiro atoms. The summed E-state index contributed by atoms with van der Waals surface area (Å²) in [7, 11) is -4.13. The average molecular weight is 598 g/mol. The molecule has 1 atom stereocenters. The maximum Gasteiger partial charge on any atom is 0.264 e. The van der Waals surface area contributed by atoms with Crippen LogP contribution in [0.4, 0.5) is 5.69 Å². The molecule has 0 aliphatic heterocycles. The van der Waals surface area contributed by atoms with Crippen LogP contribution < -0.4 is 9.62 Å². The van der Waals surface area contributed by atoms with Gasteiger partial charge in [0.05, 0.1) is 10.6 Å². The molecule has 224 valence electrons. The van der Waals surface area contributed by atoms with E-state index in [2.05, 4.69) is 5.32 Å². The Hall–Kier alpha value is -4.43. The number of sulfonamides is 1. The topological polar surface area (TPSA) is 86.8 Å². The maximum absolute atomic E-state index is 14.4. The molecular formula is C35H39N3O4S. The fraction of sp³-hybridized carbons (Fsp3) is 0.257. The number of aryl methyl sites for hydroxylation is 2. The summed E-state index contributed by atoms with van der Waals surface area (Å²) >= 11 is 0. The summed E-state index contributed by atoms with van der Waals surface area (Å²) in [6, 6.07) is 31.5. The highest BCUT2D eigenvalue weighted by Gasteiger charge is 2.35. The Balaban J connectivity index is 1.81. The summed E-state index contributed by atoms with van der Waals surface area (Å²) in [6.45, 7) is 7.16. The Morgan fingerprint density at radius 1 is 0.767 bits per heavy atom. The standard InChI is InChI=1S/C35H39N3O4S/c1-26(2)36-35(40)33(23-29-14-8-5-9-15-29)37(24-30-16-10-6-11-17-30)34(39)25-38(32-21-20-27(3)22-28(32)4)43(41,42)31-18-12-7-13-19-31/h5-22,26,33H,23-25H2,1-4H3,(H,36,40)/t33-/m1/s1. The summed E-state index contributed by atoms with van der Waals surface area (Å²) < 4.78 is 29.4. The van der Waals surface area contributed by atoms with Gasteiger partial charge in [-0.25, -0.2) is 8.42 Å². The van der Waals surface area contributed by atoms with E-state index in [9.17, 15) is 18.0 Å². The van der Waals surface area contributed by atoms with Gasteiger partial charge in [-0.05, 0) is 62.6 Å². The Labute approximate surface area is 255 Å². The molecule has 0 saturated carbocycles. The normalized spacial score (nSPS) is 12.0. The highest BCUT2D eigenvalue weighted by molar-refractivity contribution is 7.92. The van der Waals surface area contributed by atoms with Gasteiger partial charge in [-0.2, -0.15) is 0 Å². The van der Waals surface area contributed by atoms with Crippen LogP contribution in [0.5, 0.6) is 0 Å². The molecule has 0 fully saturated rings. The largest absolute Gasteiger partial charge is 0.352 e. The summed E-state index contributed by atoms with van der Waals surface area (Å²) in [6.07, 6.45) is 0.271. The third kappa shape index (κ3) is 8.11. The number of benzene rings is 4. The lowest BCUT2D eigenvalue weighted by atomic mass is 10.0. The first-order chi connectivity index (χ1) is 20.6. The molecule has 0 aliphatic rings. The van der Waals surface area contributed by atoms with Gasteiger partial charge in [-0.15, -0.1) is 0 Å². The smallest absolute Gasteiger partial charge is 0.264 e. The van der Waals surface area contributed by atoms with E-state index < -0.39 is 28.5 Å². The fourth-order valence-corrected chi connectivity index (χ4v) is 6.53. The van der Waals surface area contributed by atoms with Crippen LogP contribution in [-0.4, -0.2) is 43.8 Å². The number of hydrogen-bond donors (Lipinski definition) is 1. The molecule has 4 aromatic rings. The van der Waals surface area contributed by atoms with Crippen LogP contribution in [0, 0.1) is 13.8 Å². The highest BCUT2D eigenvalue weighted by Crippen LogP contribution is 2.28. The minimum Gasteiger partial charge on any atom is -0.352 e. The number of carbonyl (C=O) groups excluding carboxylic acids is 2. The van der Waals surface area contributed by atoms with Gasteiger partial charge in [-0.1, -0.05) is 96.6 Å². The lowest BCUT2D eigenvalue weighted by Crippen LogP contribution is -2.54. The second kappa shape index (κ2) is 14.2. The van der Waals surface area contributed by atoms with Crippen molar-refractivity contribution < 1.29 is 18.0 Å². The lowest BCUT2D eigenvalue weighted by Gasteiger charge is -2.34. The molecule has 4 aromatic carbocycles. The van der Waals surface area contributed by atoms with E-state index in [-0.39, 0.29) is 29.8 Å². The molecule has 43 heavy (non-hydrogen) atoms. The molecule has 8 heteroatoms. The lowest BCUT2D eigenvalue weighted by molar-refractivity contribution is -0.140. The zero-order valence-corrected chi connectivity index (χ0v) is 25.9. The molecule has 0 heterocycles. The minimum atomic E-state index is -4.13. The van der Waals surface area contributed by atoms with E-state index >= 15 is 0 Å². The molecule has 0 aliphatic carbocycles. The van der Waals surface area contributed by atoms with Crippen molar-refractivity contribution in [3.63, 3.8) is 0 Å². The van der Waals surface area contributed by atoms with E-state index in [4.69, 9.17) is 0 Å². The number of hydrogen-bond acceptors (Lipinski definition) is 4. The average Bonchev–Trinajstić information content (AvgIpc) is 2.99. The highest BCUT2D eigenvalue weighted by atomic mass is 32.2. The Kier molecular flexibility index (Phi) is 10.4. The van der Waals surface area contributed by atoms with Crippen LogP contribution >= 0.6 is 0 Å². The van der Waals surface area contributed by atoms with Crippen molar-refractivity contribution in [2.24, 2.45) is 0 Å². The second-order valence-electron chi connectivity index (χ2n) is 11.0. The summed E-state index contributed by atoms with van der Waals surface area (Å²) in [4.78, 5) is 29.8. The number of nitrogens with one attached hydrogen (secondary N) is 1. The molecule has 0 aromatic heterocycles. The molecule has 0 bridgehead atoms. The van der Waals surface area contributed by atoms with Gasteiger partial charge in [0, 0.05) is 19.0 Å². The van der Waals surface area contributed by atoms with Gasteiger partial charge in [0.2, 0.25) is 11.8 Å². The van der Waals surface area contributed by atoms with Crippen LogP contribution in [-0.2, 0) is 32.6 Å². The quantitative estimate of drug-likeness (QED) is 0.228. The van der Waals surface area contributed by atoms with E-state index in [1.165, 1.54) is 17.0 Å². The van der Waals surface area contributed by atoms with E-state index in [1.54, 1.807) is 24.3 Å². The SMILES string of the molecule is Cc1ccc(N(CC(=O)N(Cc2ccccc2)[C@H](Cc2ccccc2)C(=O)NC(C)C)S(=O)(=O)c2ccccc2)c(C)c1. The zero-order valence-electron chi connectivity index (χ0n) is 25.1. The van der Waals surface area contributed by atoms with Crippen LogP contribution in [0.1, 0.15) is 36.1 Å². The zero-order chi connectivity index (χ0) is 31.0. The van der Waals surface area contributed by atoms with Gasteiger partial charge in [0.1, 0.15) is 12.6 Å². The molecule has 2 amide bonds. The van der Waals surface area contributed by atoms with Gasteiger partial charge in [0.15, 0.2) is 0 Å². The van der Waals surface area contributed by atoms with Crippen molar-refractivity contribution in [1.29, 1.82) is 0 Å². The molecule has 0 unspecified atom stereocenters. The van der Waals surface area contributed by atoms with Crippen molar-refractivity contribution in [1.82, 2.24) is 10.2 Å². The van der Waals surface area contributed by atoms with Crippen molar-refractivity contribution in [3.05, 3.63) is 131 Å². The van der Waals surface area contributed by atoms with Crippen molar-refractivity contribution in [2.75, 3.05) is 10.8 Å². The van der Waals surface area contributed by atoms with Crippen LogP contribution in [0.15, 0.2) is 114 Å². The first-order valence-electron chi connectivity index (χ1n) is 14.4. The fourth-order valence-electron chi connectivity index (χ4n) is 5.03. The third-order valence-electron chi connectivity index (χ3n) is 7.13. The number of carbonyl (C=O) groups is 2. The predicted octanol–water partition coefficient (Wildman–Crippen LogP) is 5.66. The monoisotopic (exact) mass is 597 g/mol. The van der Waals surface area contributed by atoms with E-state index in [1.807, 2.05) is 100 Å². The van der Waals surface area contributed by atoms with Gasteiger partial charge in [0.25, 0.3) is 10.0 Å². The van der Waals surface area contributed by atoms with Gasteiger partial charge in [-0.3, -0.25) is 13.9 Å². The van der Waals surface area contributed by atoms with Crippen LogP contribution in [0.3, 0.4) is 0 Å². The van der Waals surface area contributed by atoms with Gasteiger partial charge >= 0.3 is 0 Å². The summed E-state index contributed by atoms with van der Waals surface area (Å²) in [5.74, 6) is -0.782. The minimum absolute atomic E-state index is 0.0794.